The summed E-state index contributed by atoms with van der Waals surface area (Å²) in [5, 5.41) is 6.52. The number of hydrogen-bond acceptors (Lipinski definition) is 3. The van der Waals surface area contributed by atoms with Crippen molar-refractivity contribution in [3.8, 4) is 0 Å². The highest BCUT2D eigenvalue weighted by Gasteiger charge is 2.27. The normalized spacial score (nSPS) is 18.1. The Labute approximate surface area is 116 Å². The van der Waals surface area contributed by atoms with E-state index in [0.29, 0.717) is 18.5 Å². The Morgan fingerprint density at radius 1 is 1.45 bits per heavy atom. The molecule has 0 bridgehead atoms. The lowest BCUT2D eigenvalue weighted by Crippen LogP contribution is -2.37. The maximum Gasteiger partial charge on any atom is 0.247 e. The standard InChI is InChI=1S/C15H15N3O2/c1-9-7-10-3-2-6-16-14(10)12(8-9)18-15(20)11-4-5-13(19)17-11/h2-3,6-8,11H,4-5H2,1H3,(H,17,19)(H,18,20)/t11-/m1/s1. The molecule has 2 amide bonds. The van der Waals surface area contributed by atoms with Crippen LogP contribution in [0.1, 0.15) is 18.4 Å². The fourth-order valence-electron chi connectivity index (χ4n) is 2.47. The lowest BCUT2D eigenvalue weighted by atomic mass is 10.1. The zero-order chi connectivity index (χ0) is 14.1. The second kappa shape index (κ2) is 4.92. The van der Waals surface area contributed by atoms with Crippen molar-refractivity contribution in [1.29, 1.82) is 0 Å². The lowest BCUT2D eigenvalue weighted by Gasteiger charge is -2.13. The van der Waals surface area contributed by atoms with Crippen LogP contribution < -0.4 is 10.6 Å². The van der Waals surface area contributed by atoms with Crippen molar-refractivity contribution >= 4 is 28.4 Å². The summed E-state index contributed by atoms with van der Waals surface area (Å²) < 4.78 is 0. The molecule has 2 heterocycles. The summed E-state index contributed by atoms with van der Waals surface area (Å²) in [4.78, 5) is 27.6. The van der Waals surface area contributed by atoms with E-state index in [1.807, 2.05) is 31.2 Å². The van der Waals surface area contributed by atoms with Crippen LogP contribution in [0.2, 0.25) is 0 Å². The Kier molecular flexibility index (Phi) is 3.10. The number of carbonyl (C=O) groups is 2. The van der Waals surface area contributed by atoms with Crippen LogP contribution in [0.25, 0.3) is 10.9 Å². The Morgan fingerprint density at radius 3 is 3.05 bits per heavy atom. The molecule has 0 saturated carbocycles. The molecule has 1 atom stereocenters. The zero-order valence-corrected chi connectivity index (χ0v) is 11.1. The second-order valence-corrected chi connectivity index (χ2v) is 5.04. The maximum absolute atomic E-state index is 12.2. The van der Waals surface area contributed by atoms with Gasteiger partial charge in [0.15, 0.2) is 0 Å². The van der Waals surface area contributed by atoms with E-state index >= 15 is 0 Å². The van der Waals surface area contributed by atoms with Crippen LogP contribution in [0.3, 0.4) is 0 Å². The molecule has 1 aromatic carbocycles. The van der Waals surface area contributed by atoms with Gasteiger partial charge < -0.3 is 10.6 Å². The summed E-state index contributed by atoms with van der Waals surface area (Å²) in [6, 6.07) is 7.30. The van der Waals surface area contributed by atoms with Crippen LogP contribution in [-0.2, 0) is 9.59 Å². The fraction of sp³-hybridized carbons (Fsp3) is 0.267. The fourth-order valence-corrected chi connectivity index (χ4v) is 2.47. The quantitative estimate of drug-likeness (QED) is 0.872. The molecule has 5 nitrogen and oxygen atoms in total. The van der Waals surface area contributed by atoms with Crippen molar-refractivity contribution in [1.82, 2.24) is 10.3 Å². The van der Waals surface area contributed by atoms with Crippen LogP contribution in [0.15, 0.2) is 30.5 Å². The van der Waals surface area contributed by atoms with Gasteiger partial charge in [0.1, 0.15) is 6.04 Å². The molecule has 1 saturated heterocycles. The van der Waals surface area contributed by atoms with E-state index in [1.165, 1.54) is 0 Å². The number of rotatable bonds is 2. The molecule has 1 fully saturated rings. The van der Waals surface area contributed by atoms with E-state index in [0.717, 1.165) is 16.5 Å². The summed E-state index contributed by atoms with van der Waals surface area (Å²) in [5.41, 5.74) is 2.50. The molecule has 0 unspecified atom stereocenters. The summed E-state index contributed by atoms with van der Waals surface area (Å²) in [5.74, 6) is -0.259. The average molecular weight is 269 g/mol. The molecular weight excluding hydrogens is 254 g/mol. The molecule has 5 heteroatoms. The summed E-state index contributed by atoms with van der Waals surface area (Å²) in [6.07, 6.45) is 2.65. The highest BCUT2D eigenvalue weighted by atomic mass is 16.2. The van der Waals surface area contributed by atoms with Gasteiger partial charge in [0.05, 0.1) is 11.2 Å². The van der Waals surface area contributed by atoms with Gasteiger partial charge in [-0.25, -0.2) is 0 Å². The predicted molar refractivity (Wildman–Crippen MR) is 76.3 cm³/mol. The van der Waals surface area contributed by atoms with Crippen molar-refractivity contribution in [3.05, 3.63) is 36.0 Å². The first-order valence-corrected chi connectivity index (χ1v) is 6.59. The average Bonchev–Trinajstić information content (AvgIpc) is 2.85. The molecule has 20 heavy (non-hydrogen) atoms. The monoisotopic (exact) mass is 269 g/mol. The minimum absolute atomic E-state index is 0.0719. The molecule has 1 aliphatic heterocycles. The Hall–Kier alpha value is -2.43. The number of aromatic nitrogens is 1. The highest BCUT2D eigenvalue weighted by molar-refractivity contribution is 6.04. The second-order valence-electron chi connectivity index (χ2n) is 5.04. The third kappa shape index (κ3) is 2.34. The minimum atomic E-state index is -0.443. The van der Waals surface area contributed by atoms with Crippen LogP contribution in [0.5, 0.6) is 0 Å². The van der Waals surface area contributed by atoms with Crippen LogP contribution >= 0.6 is 0 Å². The number of amides is 2. The van der Waals surface area contributed by atoms with E-state index in [1.54, 1.807) is 6.20 Å². The SMILES string of the molecule is Cc1cc(NC(=O)[C@H]2CCC(=O)N2)c2ncccc2c1. The molecule has 3 rings (SSSR count). The van der Waals surface area contributed by atoms with Crippen LogP contribution in [-0.4, -0.2) is 22.8 Å². The highest BCUT2D eigenvalue weighted by Crippen LogP contribution is 2.23. The molecule has 2 N–H and O–H groups in total. The first-order chi connectivity index (χ1) is 9.63. The van der Waals surface area contributed by atoms with Gasteiger partial charge in [0.25, 0.3) is 0 Å². The number of anilines is 1. The minimum Gasteiger partial charge on any atom is -0.344 e. The van der Waals surface area contributed by atoms with Crippen molar-refractivity contribution in [2.45, 2.75) is 25.8 Å². The number of nitrogens with one attached hydrogen (secondary N) is 2. The molecular formula is C15H15N3O2. The number of carbonyl (C=O) groups excluding carboxylic acids is 2. The number of pyridine rings is 1. The van der Waals surface area contributed by atoms with Gasteiger partial charge in [-0.3, -0.25) is 14.6 Å². The summed E-state index contributed by atoms with van der Waals surface area (Å²) in [6.45, 7) is 1.97. The van der Waals surface area contributed by atoms with E-state index < -0.39 is 6.04 Å². The van der Waals surface area contributed by atoms with Gasteiger partial charge >= 0.3 is 0 Å². The molecule has 102 valence electrons. The van der Waals surface area contributed by atoms with E-state index in [-0.39, 0.29) is 11.8 Å². The largest absolute Gasteiger partial charge is 0.344 e. The maximum atomic E-state index is 12.2. The van der Waals surface area contributed by atoms with E-state index in [9.17, 15) is 9.59 Å². The molecule has 0 spiro atoms. The van der Waals surface area contributed by atoms with Crippen molar-refractivity contribution in [2.24, 2.45) is 0 Å². The number of benzene rings is 1. The van der Waals surface area contributed by atoms with Gasteiger partial charge in [-0.1, -0.05) is 6.07 Å². The smallest absolute Gasteiger partial charge is 0.247 e. The molecule has 0 aliphatic carbocycles. The number of nitrogens with zero attached hydrogens (tertiary/aromatic N) is 1. The molecule has 0 radical (unpaired) electrons. The first-order valence-electron chi connectivity index (χ1n) is 6.59. The van der Waals surface area contributed by atoms with Gasteiger partial charge in [0.2, 0.25) is 11.8 Å². The predicted octanol–water partition coefficient (Wildman–Crippen LogP) is 1.76. The van der Waals surface area contributed by atoms with E-state index in [2.05, 4.69) is 15.6 Å². The summed E-state index contributed by atoms with van der Waals surface area (Å²) >= 11 is 0. The lowest BCUT2D eigenvalue weighted by molar-refractivity contribution is -0.122. The zero-order valence-electron chi connectivity index (χ0n) is 11.1. The molecule has 1 aromatic heterocycles. The topological polar surface area (TPSA) is 71.1 Å². The van der Waals surface area contributed by atoms with Crippen LogP contribution in [0.4, 0.5) is 5.69 Å². The number of aryl methyl sites for hydroxylation is 1. The molecule has 2 aromatic rings. The Balaban J connectivity index is 1.90. The van der Waals surface area contributed by atoms with Crippen molar-refractivity contribution in [3.63, 3.8) is 0 Å². The van der Waals surface area contributed by atoms with Gasteiger partial charge in [-0.2, -0.15) is 0 Å². The van der Waals surface area contributed by atoms with Gasteiger partial charge in [-0.15, -0.1) is 0 Å². The Morgan fingerprint density at radius 2 is 2.30 bits per heavy atom. The van der Waals surface area contributed by atoms with Crippen molar-refractivity contribution < 1.29 is 9.59 Å². The third-order valence-electron chi connectivity index (χ3n) is 3.42. The summed E-state index contributed by atoms with van der Waals surface area (Å²) in [7, 11) is 0. The van der Waals surface area contributed by atoms with Gasteiger partial charge in [0, 0.05) is 18.0 Å². The first kappa shape index (κ1) is 12.6. The number of fused-ring (bicyclic) bond motifs is 1. The van der Waals surface area contributed by atoms with Crippen LogP contribution in [0, 0.1) is 6.92 Å². The van der Waals surface area contributed by atoms with Crippen molar-refractivity contribution in [2.75, 3.05) is 5.32 Å². The molecule has 1 aliphatic rings. The number of hydrogen-bond donors (Lipinski definition) is 2. The van der Waals surface area contributed by atoms with E-state index in [4.69, 9.17) is 0 Å². The third-order valence-corrected chi connectivity index (χ3v) is 3.42. The Bertz CT molecular complexity index is 697. The van der Waals surface area contributed by atoms with Gasteiger partial charge in [-0.05, 0) is 37.1 Å².